The van der Waals surface area contributed by atoms with Crippen molar-refractivity contribution in [1.82, 2.24) is 4.90 Å². The predicted octanol–water partition coefficient (Wildman–Crippen LogP) is 0.838. The van der Waals surface area contributed by atoms with E-state index in [0.29, 0.717) is 24.5 Å². The summed E-state index contributed by atoms with van der Waals surface area (Å²) in [5, 5.41) is 10.2. The lowest BCUT2D eigenvalue weighted by Gasteiger charge is -2.49. The zero-order chi connectivity index (χ0) is 13.8. The Bertz CT molecular complexity index is 658. The largest absolute Gasteiger partial charge is 0.386 e. The summed E-state index contributed by atoms with van der Waals surface area (Å²) in [7, 11) is -3.57. The molecule has 6 heteroatoms. The molecule has 2 aliphatic rings. The van der Waals surface area contributed by atoms with Gasteiger partial charge in [-0.05, 0) is 18.1 Å². The summed E-state index contributed by atoms with van der Waals surface area (Å²) in [5.74, 6) is 0.596. The third-order valence-corrected chi connectivity index (χ3v) is 5.24. The van der Waals surface area contributed by atoms with Crippen LogP contribution in [0.4, 0.5) is 0 Å². The minimum atomic E-state index is -3.57. The molecule has 1 N–H and O–H groups in total. The molecule has 0 amide bonds. The summed E-state index contributed by atoms with van der Waals surface area (Å²) in [6.07, 6.45) is 0. The molecule has 1 saturated heterocycles. The summed E-state index contributed by atoms with van der Waals surface area (Å²) in [6, 6.07) is 6.81. The van der Waals surface area contributed by atoms with Gasteiger partial charge in [0.25, 0.3) is 10.0 Å². The molecule has 1 aromatic rings. The number of amidine groups is 1. The topological polar surface area (TPSA) is 70.0 Å². The van der Waals surface area contributed by atoms with Crippen LogP contribution >= 0.6 is 0 Å². The van der Waals surface area contributed by atoms with Crippen LogP contribution in [0.5, 0.6) is 0 Å². The molecule has 0 atom stereocenters. The van der Waals surface area contributed by atoms with Crippen molar-refractivity contribution in [2.45, 2.75) is 24.3 Å². The fourth-order valence-electron chi connectivity index (χ4n) is 2.45. The number of rotatable bonds is 1. The van der Waals surface area contributed by atoms with Crippen molar-refractivity contribution in [2.75, 3.05) is 13.1 Å². The van der Waals surface area contributed by atoms with Gasteiger partial charge in [0.05, 0.1) is 13.1 Å². The Labute approximate surface area is 112 Å². The number of fused-ring (bicyclic) bond motifs is 1. The van der Waals surface area contributed by atoms with Crippen LogP contribution in [-0.2, 0) is 10.0 Å². The van der Waals surface area contributed by atoms with Gasteiger partial charge in [-0.1, -0.05) is 26.0 Å². The van der Waals surface area contributed by atoms with Crippen LogP contribution in [0.1, 0.15) is 19.4 Å². The van der Waals surface area contributed by atoms with Gasteiger partial charge in [-0.25, -0.2) is 0 Å². The van der Waals surface area contributed by atoms with E-state index in [1.807, 2.05) is 18.7 Å². The monoisotopic (exact) mass is 280 g/mol. The smallest absolute Gasteiger partial charge is 0.285 e. The summed E-state index contributed by atoms with van der Waals surface area (Å²) >= 11 is 0. The van der Waals surface area contributed by atoms with Crippen LogP contribution in [0.3, 0.4) is 0 Å². The van der Waals surface area contributed by atoms with Gasteiger partial charge in [-0.15, -0.1) is 4.40 Å². The number of nitrogens with zero attached hydrogens (tertiary/aromatic N) is 2. The highest BCUT2D eigenvalue weighted by molar-refractivity contribution is 7.90. The highest BCUT2D eigenvalue weighted by Crippen LogP contribution is 2.34. The number of sulfonamides is 1. The van der Waals surface area contributed by atoms with Gasteiger partial charge in [0.1, 0.15) is 10.5 Å². The maximum atomic E-state index is 11.9. The van der Waals surface area contributed by atoms with Crippen LogP contribution in [0.2, 0.25) is 0 Å². The molecule has 1 aromatic carbocycles. The molecule has 0 aromatic heterocycles. The molecule has 1 fully saturated rings. The van der Waals surface area contributed by atoms with Crippen LogP contribution in [0.25, 0.3) is 0 Å². The van der Waals surface area contributed by atoms with E-state index < -0.39 is 15.6 Å². The molecule has 5 nitrogen and oxygen atoms in total. The Kier molecular flexibility index (Phi) is 2.53. The average molecular weight is 280 g/mol. The van der Waals surface area contributed by atoms with E-state index >= 15 is 0 Å². The average Bonchev–Trinajstić information content (AvgIpc) is 2.58. The maximum Gasteiger partial charge on any atom is 0.285 e. The first-order valence-corrected chi connectivity index (χ1v) is 7.69. The number of hydrogen-bond donors (Lipinski definition) is 1. The first-order chi connectivity index (χ1) is 8.83. The standard InChI is InChI=1S/C13H16N2O3S/c1-9(2)13(16)7-15(8-13)12-10-5-3-4-6-11(10)19(17,18)14-12/h3-6,9,16H,7-8H2,1-2H3. The van der Waals surface area contributed by atoms with Gasteiger partial charge in [-0.2, -0.15) is 8.42 Å². The first-order valence-electron chi connectivity index (χ1n) is 6.25. The summed E-state index contributed by atoms with van der Waals surface area (Å²) in [6.45, 7) is 4.76. The van der Waals surface area contributed by atoms with Gasteiger partial charge in [0, 0.05) is 5.56 Å². The second-order valence-corrected chi connectivity index (χ2v) is 7.07. The Hall–Kier alpha value is -1.40. The summed E-state index contributed by atoms with van der Waals surface area (Å²) in [5.41, 5.74) is -0.114. The van der Waals surface area contributed by atoms with Crippen LogP contribution in [0.15, 0.2) is 33.6 Å². The Balaban J connectivity index is 1.94. The minimum absolute atomic E-state index is 0.137. The van der Waals surface area contributed by atoms with Crippen molar-refractivity contribution in [1.29, 1.82) is 0 Å². The number of benzene rings is 1. The Morgan fingerprint density at radius 1 is 1.32 bits per heavy atom. The zero-order valence-corrected chi connectivity index (χ0v) is 11.7. The highest BCUT2D eigenvalue weighted by atomic mass is 32.2. The Morgan fingerprint density at radius 3 is 2.58 bits per heavy atom. The number of likely N-dealkylation sites (tertiary alicyclic amines) is 1. The molecule has 2 heterocycles. The van der Waals surface area contributed by atoms with Crippen molar-refractivity contribution < 1.29 is 13.5 Å². The van der Waals surface area contributed by atoms with Crippen molar-refractivity contribution in [3.8, 4) is 0 Å². The number of hydrogen-bond acceptors (Lipinski definition) is 4. The number of aliphatic hydroxyl groups is 1. The summed E-state index contributed by atoms with van der Waals surface area (Å²) < 4.78 is 27.7. The van der Waals surface area contributed by atoms with E-state index in [0.717, 1.165) is 0 Å². The fourth-order valence-corrected chi connectivity index (χ4v) is 3.67. The molecule has 102 valence electrons. The second kappa shape index (κ2) is 3.80. The molecule has 0 unspecified atom stereocenters. The molecular formula is C13H16N2O3S. The van der Waals surface area contributed by atoms with Gasteiger partial charge >= 0.3 is 0 Å². The third-order valence-electron chi connectivity index (χ3n) is 3.92. The molecule has 19 heavy (non-hydrogen) atoms. The molecule has 2 aliphatic heterocycles. The SMILES string of the molecule is CC(C)C1(O)CN(C2=NS(=O)(=O)c3ccccc32)C1. The van der Waals surface area contributed by atoms with Crippen LogP contribution < -0.4 is 0 Å². The fraction of sp³-hybridized carbons (Fsp3) is 0.462. The molecule has 0 bridgehead atoms. The van der Waals surface area contributed by atoms with Crippen molar-refractivity contribution in [3.63, 3.8) is 0 Å². The molecular weight excluding hydrogens is 264 g/mol. The minimum Gasteiger partial charge on any atom is -0.386 e. The lowest BCUT2D eigenvalue weighted by atomic mass is 9.82. The quantitative estimate of drug-likeness (QED) is 0.827. The molecule has 3 rings (SSSR count). The zero-order valence-electron chi connectivity index (χ0n) is 10.9. The molecule has 0 aliphatic carbocycles. The highest BCUT2D eigenvalue weighted by Gasteiger charge is 2.47. The van der Waals surface area contributed by atoms with E-state index in [1.54, 1.807) is 24.3 Å². The van der Waals surface area contributed by atoms with E-state index in [1.165, 1.54) is 0 Å². The molecule has 0 spiro atoms. The van der Waals surface area contributed by atoms with Crippen LogP contribution in [-0.4, -0.2) is 43.0 Å². The lowest BCUT2D eigenvalue weighted by molar-refractivity contribution is -0.0990. The summed E-state index contributed by atoms with van der Waals surface area (Å²) in [4.78, 5) is 2.08. The van der Waals surface area contributed by atoms with E-state index in [9.17, 15) is 13.5 Å². The van der Waals surface area contributed by atoms with Crippen molar-refractivity contribution in [3.05, 3.63) is 29.8 Å². The number of β-amino-alcohol motifs (C(OH)–C–C–N with tert-alkyl or cyclic N) is 1. The second-order valence-electron chi connectivity index (χ2n) is 5.50. The molecule has 0 radical (unpaired) electrons. The van der Waals surface area contributed by atoms with E-state index in [-0.39, 0.29) is 10.8 Å². The predicted molar refractivity (Wildman–Crippen MR) is 71.5 cm³/mol. The van der Waals surface area contributed by atoms with E-state index in [4.69, 9.17) is 0 Å². The first kappa shape index (κ1) is 12.6. The normalized spacial score (nSPS) is 22.9. The van der Waals surface area contributed by atoms with Crippen LogP contribution in [0, 0.1) is 5.92 Å². The third kappa shape index (κ3) is 1.78. The maximum absolute atomic E-state index is 11.9. The van der Waals surface area contributed by atoms with Crippen molar-refractivity contribution >= 4 is 15.9 Å². The van der Waals surface area contributed by atoms with Gasteiger partial charge < -0.3 is 10.0 Å². The van der Waals surface area contributed by atoms with Gasteiger partial charge in [-0.3, -0.25) is 0 Å². The van der Waals surface area contributed by atoms with Crippen molar-refractivity contribution in [2.24, 2.45) is 10.3 Å². The Morgan fingerprint density at radius 2 is 1.95 bits per heavy atom. The van der Waals surface area contributed by atoms with Gasteiger partial charge in [0.15, 0.2) is 5.84 Å². The molecule has 0 saturated carbocycles. The van der Waals surface area contributed by atoms with E-state index in [2.05, 4.69) is 4.40 Å². The lowest BCUT2D eigenvalue weighted by Crippen LogP contribution is -2.65. The van der Waals surface area contributed by atoms with Gasteiger partial charge in [0.2, 0.25) is 0 Å².